The van der Waals surface area contributed by atoms with Gasteiger partial charge in [0, 0.05) is 11.1 Å². The van der Waals surface area contributed by atoms with Crippen molar-refractivity contribution in [3.63, 3.8) is 0 Å². The van der Waals surface area contributed by atoms with E-state index < -0.39 is 0 Å². The molecule has 1 atom stereocenters. The van der Waals surface area contributed by atoms with E-state index in [0.717, 1.165) is 24.2 Å². The highest BCUT2D eigenvalue weighted by Crippen LogP contribution is 2.33. The van der Waals surface area contributed by atoms with E-state index in [4.69, 9.17) is 33.7 Å². The van der Waals surface area contributed by atoms with Crippen molar-refractivity contribution in [1.29, 1.82) is 0 Å². The van der Waals surface area contributed by atoms with Crippen LogP contribution in [0.1, 0.15) is 39.2 Å². The van der Waals surface area contributed by atoms with Crippen LogP contribution in [0.15, 0.2) is 12.1 Å². The first-order valence-corrected chi connectivity index (χ1v) is 7.52. The zero-order chi connectivity index (χ0) is 14.4. The van der Waals surface area contributed by atoms with E-state index in [2.05, 4.69) is 13.8 Å². The molecule has 0 saturated carbocycles. The Morgan fingerprint density at radius 1 is 1.21 bits per heavy atom. The lowest BCUT2D eigenvalue weighted by atomic mass is 10.1. The molecule has 0 saturated heterocycles. The fourth-order valence-electron chi connectivity index (χ4n) is 1.94. The normalized spacial score (nSPS) is 12.8. The molecule has 1 aromatic carbocycles. The molecule has 0 radical (unpaired) electrons. The van der Waals surface area contributed by atoms with Crippen LogP contribution in [0.3, 0.4) is 0 Å². The van der Waals surface area contributed by atoms with Crippen LogP contribution in [-0.4, -0.2) is 12.6 Å². The predicted octanol–water partition coefficient (Wildman–Crippen LogP) is 4.70. The van der Waals surface area contributed by atoms with Crippen molar-refractivity contribution < 1.29 is 4.74 Å². The van der Waals surface area contributed by atoms with Gasteiger partial charge in [-0.05, 0) is 49.8 Å². The number of hydrogen-bond donors (Lipinski definition) is 1. The molecule has 108 valence electrons. The van der Waals surface area contributed by atoms with E-state index >= 15 is 0 Å². The largest absolute Gasteiger partial charge is 0.492 e. The first-order valence-electron chi connectivity index (χ1n) is 6.76. The van der Waals surface area contributed by atoms with E-state index in [-0.39, 0.29) is 6.04 Å². The lowest BCUT2D eigenvalue weighted by Crippen LogP contribution is -2.18. The number of hydrogen-bond acceptors (Lipinski definition) is 2. The molecule has 0 aliphatic rings. The van der Waals surface area contributed by atoms with Crippen molar-refractivity contribution in [2.24, 2.45) is 11.7 Å². The maximum atomic E-state index is 6.21. The van der Waals surface area contributed by atoms with Gasteiger partial charge in [-0.25, -0.2) is 0 Å². The van der Waals surface area contributed by atoms with Gasteiger partial charge in [0.15, 0.2) is 0 Å². The molecule has 0 heterocycles. The van der Waals surface area contributed by atoms with Crippen LogP contribution in [0.25, 0.3) is 0 Å². The summed E-state index contributed by atoms with van der Waals surface area (Å²) in [6.45, 7) is 7.04. The van der Waals surface area contributed by atoms with Crippen molar-refractivity contribution in [2.45, 2.75) is 46.1 Å². The van der Waals surface area contributed by atoms with Gasteiger partial charge in [-0.2, -0.15) is 0 Å². The lowest BCUT2D eigenvalue weighted by molar-refractivity contribution is 0.294. The van der Waals surface area contributed by atoms with Crippen molar-refractivity contribution in [1.82, 2.24) is 0 Å². The van der Waals surface area contributed by atoms with Gasteiger partial charge in [-0.1, -0.05) is 37.0 Å². The monoisotopic (exact) mass is 303 g/mol. The number of rotatable bonds is 7. The van der Waals surface area contributed by atoms with Crippen LogP contribution in [0.2, 0.25) is 10.0 Å². The number of halogens is 2. The van der Waals surface area contributed by atoms with Crippen LogP contribution in [0.4, 0.5) is 0 Å². The number of benzene rings is 1. The van der Waals surface area contributed by atoms with Gasteiger partial charge in [0.25, 0.3) is 0 Å². The minimum absolute atomic E-state index is 0.0487. The third-order valence-electron chi connectivity index (χ3n) is 2.80. The fraction of sp³-hybridized carbons (Fsp3) is 0.600. The summed E-state index contributed by atoms with van der Waals surface area (Å²) in [5.41, 5.74) is 6.83. The van der Waals surface area contributed by atoms with Crippen LogP contribution >= 0.6 is 23.2 Å². The first kappa shape index (κ1) is 16.6. The SMILES string of the molecule is CC(C)CCCOc1c(Cl)cc(Cl)cc1CC(C)N. The molecule has 4 heteroatoms. The smallest absolute Gasteiger partial charge is 0.141 e. The predicted molar refractivity (Wildman–Crippen MR) is 83.4 cm³/mol. The average Bonchev–Trinajstić information content (AvgIpc) is 2.25. The summed E-state index contributed by atoms with van der Waals surface area (Å²) in [6.07, 6.45) is 2.88. The van der Waals surface area contributed by atoms with Crippen molar-refractivity contribution in [2.75, 3.05) is 6.61 Å². The number of ether oxygens (including phenoxy) is 1. The quantitative estimate of drug-likeness (QED) is 0.741. The van der Waals surface area contributed by atoms with Gasteiger partial charge in [0.1, 0.15) is 5.75 Å². The maximum absolute atomic E-state index is 6.21. The fourth-order valence-corrected chi connectivity index (χ4v) is 2.53. The highest BCUT2D eigenvalue weighted by molar-refractivity contribution is 6.35. The lowest BCUT2D eigenvalue weighted by Gasteiger charge is -2.15. The third kappa shape index (κ3) is 6.03. The molecule has 1 aromatic rings. The summed E-state index contributed by atoms with van der Waals surface area (Å²) in [6, 6.07) is 3.65. The minimum Gasteiger partial charge on any atom is -0.492 e. The minimum atomic E-state index is 0.0487. The molecule has 2 nitrogen and oxygen atoms in total. The van der Waals surface area contributed by atoms with E-state index in [9.17, 15) is 0 Å². The molecule has 0 aliphatic heterocycles. The Balaban J connectivity index is 2.74. The van der Waals surface area contributed by atoms with Gasteiger partial charge in [-0.15, -0.1) is 0 Å². The summed E-state index contributed by atoms with van der Waals surface area (Å²) in [5.74, 6) is 1.42. The van der Waals surface area contributed by atoms with Gasteiger partial charge in [0.05, 0.1) is 11.6 Å². The van der Waals surface area contributed by atoms with Crippen LogP contribution in [0.5, 0.6) is 5.75 Å². The van der Waals surface area contributed by atoms with Crippen molar-refractivity contribution in [3.8, 4) is 5.75 Å². The van der Waals surface area contributed by atoms with Crippen LogP contribution in [-0.2, 0) is 6.42 Å². The molecule has 0 aromatic heterocycles. The second-order valence-corrected chi connectivity index (χ2v) is 6.29. The van der Waals surface area contributed by atoms with Gasteiger partial charge in [0.2, 0.25) is 0 Å². The summed E-state index contributed by atoms with van der Waals surface area (Å²) >= 11 is 12.2. The second-order valence-electron chi connectivity index (χ2n) is 5.44. The average molecular weight is 304 g/mol. The molecular weight excluding hydrogens is 281 g/mol. The topological polar surface area (TPSA) is 35.2 Å². The molecule has 0 bridgehead atoms. The summed E-state index contributed by atoms with van der Waals surface area (Å²) in [7, 11) is 0. The van der Waals surface area contributed by atoms with E-state index in [1.54, 1.807) is 6.07 Å². The highest BCUT2D eigenvalue weighted by atomic mass is 35.5. The van der Waals surface area contributed by atoms with Crippen molar-refractivity contribution in [3.05, 3.63) is 27.7 Å². The van der Waals surface area contributed by atoms with Gasteiger partial charge < -0.3 is 10.5 Å². The molecule has 1 rings (SSSR count). The van der Waals surface area contributed by atoms with Crippen molar-refractivity contribution >= 4 is 23.2 Å². The Hall–Kier alpha value is -0.440. The van der Waals surface area contributed by atoms with Gasteiger partial charge >= 0.3 is 0 Å². The van der Waals surface area contributed by atoms with Crippen LogP contribution in [0, 0.1) is 5.92 Å². The highest BCUT2D eigenvalue weighted by Gasteiger charge is 2.12. The second kappa shape index (κ2) is 7.98. The Kier molecular flexibility index (Phi) is 6.98. The molecule has 0 amide bonds. The molecule has 2 N–H and O–H groups in total. The van der Waals surface area contributed by atoms with E-state index in [1.165, 1.54) is 0 Å². The van der Waals surface area contributed by atoms with E-state index in [1.807, 2.05) is 13.0 Å². The zero-order valence-corrected chi connectivity index (χ0v) is 13.4. The Bertz CT molecular complexity index is 405. The van der Waals surface area contributed by atoms with Crippen LogP contribution < -0.4 is 10.5 Å². The van der Waals surface area contributed by atoms with Gasteiger partial charge in [-0.3, -0.25) is 0 Å². The Labute approximate surface area is 126 Å². The summed E-state index contributed by atoms with van der Waals surface area (Å²) in [5, 5.41) is 1.18. The first-order chi connectivity index (χ1) is 8.90. The molecule has 19 heavy (non-hydrogen) atoms. The molecule has 0 fully saturated rings. The standard InChI is InChI=1S/C15H23Cl2NO/c1-10(2)5-4-6-19-15-12(7-11(3)18)8-13(16)9-14(15)17/h8-11H,4-7,18H2,1-3H3. The number of nitrogens with two attached hydrogens (primary N) is 1. The molecule has 1 unspecified atom stereocenters. The molecular formula is C15H23Cl2NO. The molecule has 0 spiro atoms. The third-order valence-corrected chi connectivity index (χ3v) is 3.30. The summed E-state index contributed by atoms with van der Waals surface area (Å²) < 4.78 is 5.83. The Morgan fingerprint density at radius 2 is 1.89 bits per heavy atom. The van der Waals surface area contributed by atoms with E-state index in [0.29, 0.717) is 29.0 Å². The maximum Gasteiger partial charge on any atom is 0.141 e. The zero-order valence-electron chi connectivity index (χ0n) is 11.9. The summed E-state index contributed by atoms with van der Waals surface area (Å²) in [4.78, 5) is 0. The Morgan fingerprint density at radius 3 is 2.47 bits per heavy atom. The molecule has 0 aliphatic carbocycles.